The van der Waals surface area contributed by atoms with Crippen LogP contribution in [0.3, 0.4) is 0 Å². The maximum Gasteiger partial charge on any atom is 0.261 e. The van der Waals surface area contributed by atoms with Gasteiger partial charge in [0, 0.05) is 20.0 Å². The molecule has 0 unspecified atom stereocenters. The Hall–Kier alpha value is -3.12. The van der Waals surface area contributed by atoms with Crippen LogP contribution in [-0.2, 0) is 28.0 Å². The van der Waals surface area contributed by atoms with Gasteiger partial charge in [-0.2, -0.15) is 0 Å². The predicted molar refractivity (Wildman–Crippen MR) is 143 cm³/mol. The second-order valence-electron chi connectivity index (χ2n) is 9.51. The van der Waals surface area contributed by atoms with Crippen LogP contribution in [0.1, 0.15) is 37.5 Å². The lowest BCUT2D eigenvalue weighted by atomic mass is 9.87. The molecular formula is C29H33BrN2O3. The number of benzene rings is 3. The smallest absolute Gasteiger partial charge is 0.261 e. The van der Waals surface area contributed by atoms with Gasteiger partial charge in [-0.1, -0.05) is 87.5 Å². The quantitative estimate of drug-likeness (QED) is 0.392. The van der Waals surface area contributed by atoms with Gasteiger partial charge in [0.25, 0.3) is 5.91 Å². The van der Waals surface area contributed by atoms with Crippen molar-refractivity contribution in [1.82, 2.24) is 10.2 Å². The van der Waals surface area contributed by atoms with Crippen LogP contribution in [0, 0.1) is 0 Å². The van der Waals surface area contributed by atoms with Gasteiger partial charge in [-0.3, -0.25) is 9.59 Å². The Kier molecular flexibility index (Phi) is 9.10. The predicted octanol–water partition coefficient (Wildman–Crippen LogP) is 5.51. The molecule has 0 saturated carbocycles. The number of nitrogens with zero attached hydrogens (tertiary/aromatic N) is 1. The Morgan fingerprint density at radius 3 is 2.09 bits per heavy atom. The molecule has 0 aromatic heterocycles. The number of carbonyl (C=O) groups excluding carboxylic acids is 2. The van der Waals surface area contributed by atoms with Crippen LogP contribution in [0.4, 0.5) is 0 Å². The molecule has 0 aliphatic rings. The molecule has 0 fully saturated rings. The van der Waals surface area contributed by atoms with Gasteiger partial charge >= 0.3 is 0 Å². The Morgan fingerprint density at radius 2 is 1.54 bits per heavy atom. The van der Waals surface area contributed by atoms with Crippen molar-refractivity contribution in [2.24, 2.45) is 0 Å². The monoisotopic (exact) mass is 536 g/mol. The van der Waals surface area contributed by atoms with E-state index in [4.69, 9.17) is 4.74 Å². The number of hydrogen-bond acceptors (Lipinski definition) is 3. The number of hydrogen-bond donors (Lipinski definition) is 1. The largest absolute Gasteiger partial charge is 0.483 e. The highest BCUT2D eigenvalue weighted by Crippen LogP contribution is 2.31. The summed E-state index contributed by atoms with van der Waals surface area (Å²) in [5.41, 5.74) is 3.09. The minimum absolute atomic E-state index is 0.00151. The van der Waals surface area contributed by atoms with Gasteiger partial charge in [0.05, 0.1) is 4.47 Å². The number of likely N-dealkylation sites (N-methyl/N-ethyl adjacent to an activating group) is 1. The summed E-state index contributed by atoms with van der Waals surface area (Å²) in [4.78, 5) is 28.1. The fourth-order valence-corrected chi connectivity index (χ4v) is 4.30. The van der Waals surface area contributed by atoms with E-state index in [0.29, 0.717) is 18.7 Å². The molecule has 184 valence electrons. The van der Waals surface area contributed by atoms with Crippen molar-refractivity contribution < 1.29 is 14.3 Å². The summed E-state index contributed by atoms with van der Waals surface area (Å²) in [6.07, 6.45) is 0.406. The normalized spacial score (nSPS) is 12.0. The maximum atomic E-state index is 13.5. The molecule has 0 aliphatic heterocycles. The summed E-state index contributed by atoms with van der Waals surface area (Å²) in [5, 5.41) is 2.73. The third-order valence-corrected chi connectivity index (χ3v) is 6.48. The van der Waals surface area contributed by atoms with Crippen molar-refractivity contribution in [2.45, 2.75) is 45.2 Å². The molecule has 2 amide bonds. The molecule has 0 spiro atoms. The van der Waals surface area contributed by atoms with Crippen molar-refractivity contribution in [3.63, 3.8) is 0 Å². The molecule has 1 atom stereocenters. The number of nitrogens with one attached hydrogen (secondary N) is 1. The zero-order valence-corrected chi connectivity index (χ0v) is 22.3. The van der Waals surface area contributed by atoms with Crippen molar-refractivity contribution in [3.8, 4) is 5.75 Å². The lowest BCUT2D eigenvalue weighted by Crippen LogP contribution is -2.51. The fourth-order valence-electron chi connectivity index (χ4n) is 3.81. The Morgan fingerprint density at radius 1 is 0.943 bits per heavy atom. The van der Waals surface area contributed by atoms with Gasteiger partial charge < -0.3 is 15.0 Å². The van der Waals surface area contributed by atoms with Gasteiger partial charge in [-0.05, 0) is 50.2 Å². The Labute approximate surface area is 216 Å². The van der Waals surface area contributed by atoms with Gasteiger partial charge in [-0.25, -0.2) is 0 Å². The number of halogens is 1. The van der Waals surface area contributed by atoms with Crippen LogP contribution in [0.15, 0.2) is 83.3 Å². The lowest BCUT2D eigenvalue weighted by molar-refractivity contribution is -0.142. The second kappa shape index (κ2) is 12.0. The van der Waals surface area contributed by atoms with E-state index in [1.807, 2.05) is 78.9 Å². The van der Waals surface area contributed by atoms with Gasteiger partial charge in [0.1, 0.15) is 11.8 Å². The van der Waals surface area contributed by atoms with Crippen molar-refractivity contribution in [1.29, 1.82) is 0 Å². The van der Waals surface area contributed by atoms with Gasteiger partial charge in [0.15, 0.2) is 6.61 Å². The molecule has 3 rings (SSSR count). The number of rotatable bonds is 9. The molecule has 6 heteroatoms. The molecule has 0 bridgehead atoms. The second-order valence-corrected chi connectivity index (χ2v) is 10.4. The van der Waals surface area contributed by atoms with Crippen LogP contribution < -0.4 is 10.1 Å². The first-order valence-electron chi connectivity index (χ1n) is 11.7. The lowest BCUT2D eigenvalue weighted by Gasteiger charge is -2.31. The molecule has 0 radical (unpaired) electrons. The topological polar surface area (TPSA) is 58.6 Å². The fraction of sp³-hybridized carbons (Fsp3) is 0.310. The van der Waals surface area contributed by atoms with Crippen LogP contribution in [-0.4, -0.2) is 36.4 Å². The minimum Gasteiger partial charge on any atom is -0.483 e. The maximum absolute atomic E-state index is 13.5. The zero-order chi connectivity index (χ0) is 25.4. The molecule has 1 N–H and O–H groups in total. The van der Waals surface area contributed by atoms with E-state index in [1.54, 1.807) is 11.9 Å². The van der Waals surface area contributed by atoms with E-state index >= 15 is 0 Å². The number of carbonyl (C=O) groups is 2. The molecular weight excluding hydrogens is 504 g/mol. The number of ether oxygens (including phenoxy) is 1. The average Bonchev–Trinajstić information content (AvgIpc) is 2.85. The van der Waals surface area contributed by atoms with Crippen LogP contribution in [0.5, 0.6) is 5.75 Å². The van der Waals surface area contributed by atoms with E-state index < -0.39 is 6.04 Å². The third kappa shape index (κ3) is 7.43. The summed E-state index contributed by atoms with van der Waals surface area (Å²) in [7, 11) is 1.59. The Balaban J connectivity index is 1.85. The standard InChI is InChI=1S/C29H33BrN2O3/c1-29(2,3)23-15-16-26(24(30)18-23)35-20-27(33)32(19-22-13-9-6-10-14-22)25(28(34)31-4)17-21-11-7-5-8-12-21/h5-16,18,25H,17,19-20H2,1-4H3,(H,31,34)/t25-/m0/s1. The van der Waals surface area contributed by atoms with E-state index in [1.165, 1.54) is 0 Å². The van der Waals surface area contributed by atoms with E-state index in [0.717, 1.165) is 21.2 Å². The molecule has 0 heterocycles. The van der Waals surface area contributed by atoms with Crippen LogP contribution in [0.25, 0.3) is 0 Å². The highest BCUT2D eigenvalue weighted by molar-refractivity contribution is 9.10. The van der Waals surface area contributed by atoms with Gasteiger partial charge in [0.2, 0.25) is 5.91 Å². The molecule has 5 nitrogen and oxygen atoms in total. The van der Waals surface area contributed by atoms with Crippen LogP contribution in [0.2, 0.25) is 0 Å². The van der Waals surface area contributed by atoms with Gasteiger partial charge in [-0.15, -0.1) is 0 Å². The average molecular weight is 537 g/mol. The molecule has 0 saturated heterocycles. The minimum atomic E-state index is -0.676. The first-order valence-corrected chi connectivity index (χ1v) is 12.5. The summed E-state index contributed by atoms with van der Waals surface area (Å²) in [6.45, 7) is 6.56. The molecule has 0 aliphatic carbocycles. The highest BCUT2D eigenvalue weighted by atomic mass is 79.9. The van der Waals surface area contributed by atoms with Crippen molar-refractivity contribution in [2.75, 3.05) is 13.7 Å². The van der Waals surface area contributed by atoms with E-state index in [2.05, 4.69) is 42.0 Å². The SMILES string of the molecule is CNC(=O)[C@H](Cc1ccccc1)N(Cc1ccccc1)C(=O)COc1ccc(C(C)(C)C)cc1Br. The molecule has 35 heavy (non-hydrogen) atoms. The first-order chi connectivity index (χ1) is 16.7. The summed E-state index contributed by atoms with van der Waals surface area (Å²) < 4.78 is 6.72. The highest BCUT2D eigenvalue weighted by Gasteiger charge is 2.30. The summed E-state index contributed by atoms with van der Waals surface area (Å²) in [5.74, 6) is 0.115. The Bertz CT molecular complexity index is 1130. The van der Waals surface area contributed by atoms with Crippen molar-refractivity contribution >= 4 is 27.7 Å². The summed E-state index contributed by atoms with van der Waals surface area (Å²) >= 11 is 3.57. The van der Waals surface area contributed by atoms with E-state index in [-0.39, 0.29) is 23.8 Å². The van der Waals surface area contributed by atoms with Crippen LogP contribution >= 0.6 is 15.9 Å². The molecule has 3 aromatic rings. The zero-order valence-electron chi connectivity index (χ0n) is 20.8. The third-order valence-electron chi connectivity index (χ3n) is 5.86. The van der Waals surface area contributed by atoms with E-state index in [9.17, 15) is 9.59 Å². The first kappa shape index (κ1) is 26.5. The van der Waals surface area contributed by atoms with Crippen molar-refractivity contribution in [3.05, 3.63) is 100 Å². The number of amides is 2. The summed E-state index contributed by atoms with van der Waals surface area (Å²) in [6, 6.07) is 24.6. The molecule has 3 aromatic carbocycles.